The predicted molar refractivity (Wildman–Crippen MR) is 67.8 cm³/mol. The first-order valence-electron chi connectivity index (χ1n) is 4.93. The molecule has 0 heterocycles. The number of carbonyl (C=O) groups is 1. The van der Waals surface area contributed by atoms with Crippen LogP contribution in [0, 0.1) is 0 Å². The van der Waals surface area contributed by atoms with Crippen LogP contribution in [0.4, 0.5) is 5.69 Å². The maximum Gasteiger partial charge on any atom is 0.319 e. The highest BCUT2D eigenvalue weighted by atomic mass is 35.5. The van der Waals surface area contributed by atoms with Gasteiger partial charge in [0.15, 0.2) is 0 Å². The number of hydrogen-bond acceptors (Lipinski definition) is 4. The van der Waals surface area contributed by atoms with E-state index in [2.05, 4.69) is 0 Å². The maximum atomic E-state index is 11.4. The number of carbonyl (C=O) groups excluding carboxylic acids is 1. The van der Waals surface area contributed by atoms with Crippen molar-refractivity contribution in [3.05, 3.63) is 23.2 Å². The summed E-state index contributed by atoms with van der Waals surface area (Å²) in [6.07, 6.45) is 0. The zero-order valence-electron chi connectivity index (χ0n) is 9.20. The Balaban J connectivity index is 2.69. The Kier molecular flexibility index (Phi) is 4.96. The summed E-state index contributed by atoms with van der Waals surface area (Å²) in [4.78, 5) is 12.3. The summed E-state index contributed by atoms with van der Waals surface area (Å²) in [5.41, 5.74) is 6.36. The Labute approximate surface area is 104 Å². The van der Waals surface area contributed by atoms with E-state index in [1.165, 1.54) is 11.8 Å². The van der Waals surface area contributed by atoms with Gasteiger partial charge in [-0.1, -0.05) is 11.6 Å². The summed E-state index contributed by atoms with van der Waals surface area (Å²) in [7, 11) is 0. The number of nitrogens with two attached hydrogens (primary N) is 1. The topological polar surface area (TPSA) is 52.3 Å². The highest BCUT2D eigenvalue weighted by Crippen LogP contribution is 2.31. The Morgan fingerprint density at radius 2 is 2.31 bits per heavy atom. The summed E-state index contributed by atoms with van der Waals surface area (Å²) in [6, 6.07) is 5.22. The third-order valence-corrected chi connectivity index (χ3v) is 3.30. The van der Waals surface area contributed by atoms with Crippen LogP contribution in [0.5, 0.6) is 0 Å². The Morgan fingerprint density at radius 3 is 2.88 bits per heavy atom. The molecule has 0 bridgehead atoms. The van der Waals surface area contributed by atoms with E-state index in [0.29, 0.717) is 17.3 Å². The second kappa shape index (κ2) is 6.01. The smallest absolute Gasteiger partial charge is 0.319 e. The first-order valence-corrected chi connectivity index (χ1v) is 6.18. The predicted octanol–water partition coefficient (Wildman–Crippen LogP) is 2.97. The molecule has 0 aromatic heterocycles. The minimum atomic E-state index is -0.275. The summed E-state index contributed by atoms with van der Waals surface area (Å²) in [5.74, 6) is -0.234. The van der Waals surface area contributed by atoms with Gasteiger partial charge in [0.2, 0.25) is 0 Å². The van der Waals surface area contributed by atoms with E-state index in [0.717, 1.165) is 4.90 Å². The Morgan fingerprint density at radius 1 is 1.62 bits per heavy atom. The largest absolute Gasteiger partial charge is 0.465 e. The lowest BCUT2D eigenvalue weighted by Crippen LogP contribution is -2.16. The lowest BCUT2D eigenvalue weighted by atomic mass is 10.3. The number of ether oxygens (including phenoxy) is 1. The number of benzene rings is 1. The van der Waals surface area contributed by atoms with E-state index < -0.39 is 0 Å². The van der Waals surface area contributed by atoms with E-state index in [9.17, 15) is 4.79 Å². The number of rotatable bonds is 4. The molecule has 0 saturated heterocycles. The molecule has 2 N–H and O–H groups in total. The van der Waals surface area contributed by atoms with Crippen LogP contribution < -0.4 is 5.73 Å². The van der Waals surface area contributed by atoms with Gasteiger partial charge in [-0.15, -0.1) is 11.8 Å². The second-order valence-corrected chi connectivity index (χ2v) is 5.01. The van der Waals surface area contributed by atoms with E-state index in [1.54, 1.807) is 32.0 Å². The van der Waals surface area contributed by atoms with Crippen molar-refractivity contribution in [1.82, 2.24) is 0 Å². The number of esters is 1. The lowest BCUT2D eigenvalue weighted by molar-refractivity contribution is -0.142. The number of hydrogen-bond donors (Lipinski definition) is 1. The zero-order valence-corrected chi connectivity index (χ0v) is 10.8. The SMILES string of the molecule is CCOC(=O)[C@H](C)Sc1ccc(Cl)cc1N. The third-order valence-electron chi connectivity index (χ3n) is 1.89. The van der Waals surface area contributed by atoms with Gasteiger partial charge in [-0.2, -0.15) is 0 Å². The van der Waals surface area contributed by atoms with Gasteiger partial charge in [-0.3, -0.25) is 4.79 Å². The molecular formula is C11H14ClNO2S. The second-order valence-electron chi connectivity index (χ2n) is 3.19. The summed E-state index contributed by atoms with van der Waals surface area (Å²) < 4.78 is 4.91. The molecule has 0 aliphatic heterocycles. The fraction of sp³-hybridized carbons (Fsp3) is 0.364. The molecule has 1 atom stereocenters. The van der Waals surface area contributed by atoms with Crippen molar-refractivity contribution in [3.63, 3.8) is 0 Å². The fourth-order valence-electron chi connectivity index (χ4n) is 1.12. The van der Waals surface area contributed by atoms with Gasteiger partial charge in [-0.25, -0.2) is 0 Å². The van der Waals surface area contributed by atoms with Crippen LogP contribution in [0.1, 0.15) is 13.8 Å². The summed E-state index contributed by atoms with van der Waals surface area (Å²) in [6.45, 7) is 3.96. The Bertz CT molecular complexity index is 384. The van der Waals surface area contributed by atoms with Gasteiger partial charge >= 0.3 is 5.97 Å². The molecule has 5 heteroatoms. The molecule has 0 spiro atoms. The van der Waals surface area contributed by atoms with Gasteiger partial charge in [0.1, 0.15) is 5.25 Å². The molecule has 0 aliphatic carbocycles. The lowest BCUT2D eigenvalue weighted by Gasteiger charge is -2.11. The van der Waals surface area contributed by atoms with E-state index >= 15 is 0 Å². The first kappa shape index (κ1) is 13.2. The number of anilines is 1. The van der Waals surface area contributed by atoms with Crippen molar-refractivity contribution in [3.8, 4) is 0 Å². The number of halogens is 1. The van der Waals surface area contributed by atoms with Crippen LogP contribution in [0.3, 0.4) is 0 Å². The molecule has 0 amide bonds. The minimum absolute atomic E-state index is 0.234. The van der Waals surface area contributed by atoms with E-state index in [1.807, 2.05) is 0 Å². The van der Waals surface area contributed by atoms with Gasteiger partial charge < -0.3 is 10.5 Å². The van der Waals surface area contributed by atoms with Crippen molar-refractivity contribution >= 4 is 35.0 Å². The standard InChI is InChI=1S/C11H14ClNO2S/c1-3-15-11(14)7(2)16-10-5-4-8(12)6-9(10)13/h4-7H,3,13H2,1-2H3/t7-/m0/s1. The summed E-state index contributed by atoms with van der Waals surface area (Å²) >= 11 is 7.15. The maximum absolute atomic E-state index is 11.4. The zero-order chi connectivity index (χ0) is 12.1. The molecule has 1 rings (SSSR count). The van der Waals surface area contributed by atoms with Crippen LogP contribution in [0.15, 0.2) is 23.1 Å². The molecule has 1 aromatic rings. The molecule has 3 nitrogen and oxygen atoms in total. The molecule has 0 aliphatic rings. The molecule has 16 heavy (non-hydrogen) atoms. The van der Waals surface area contributed by atoms with Gasteiger partial charge in [0.25, 0.3) is 0 Å². The van der Waals surface area contributed by atoms with Crippen LogP contribution in [-0.4, -0.2) is 17.8 Å². The van der Waals surface area contributed by atoms with Gasteiger partial charge in [-0.05, 0) is 32.0 Å². The molecule has 1 aromatic carbocycles. The van der Waals surface area contributed by atoms with Crippen LogP contribution in [0.2, 0.25) is 5.02 Å². The van der Waals surface area contributed by atoms with Crippen LogP contribution in [0.25, 0.3) is 0 Å². The van der Waals surface area contributed by atoms with E-state index in [-0.39, 0.29) is 11.2 Å². The van der Waals surface area contributed by atoms with Crippen LogP contribution >= 0.6 is 23.4 Å². The summed E-state index contributed by atoms with van der Waals surface area (Å²) in [5, 5.41) is 0.314. The third kappa shape index (κ3) is 3.61. The molecule has 0 saturated carbocycles. The molecule has 0 unspecified atom stereocenters. The Hall–Kier alpha value is -0.870. The van der Waals surface area contributed by atoms with Gasteiger partial charge in [0.05, 0.1) is 6.61 Å². The van der Waals surface area contributed by atoms with Crippen molar-refractivity contribution in [2.45, 2.75) is 24.0 Å². The average Bonchev–Trinajstić information content (AvgIpc) is 2.22. The number of thioether (sulfide) groups is 1. The molecule has 0 fully saturated rings. The van der Waals surface area contributed by atoms with Crippen molar-refractivity contribution in [1.29, 1.82) is 0 Å². The van der Waals surface area contributed by atoms with E-state index in [4.69, 9.17) is 22.1 Å². The highest BCUT2D eigenvalue weighted by molar-refractivity contribution is 8.00. The number of nitrogen functional groups attached to an aromatic ring is 1. The molecule has 0 radical (unpaired) electrons. The average molecular weight is 260 g/mol. The van der Waals surface area contributed by atoms with Crippen LogP contribution in [-0.2, 0) is 9.53 Å². The van der Waals surface area contributed by atoms with Crippen molar-refractivity contribution in [2.24, 2.45) is 0 Å². The fourth-order valence-corrected chi connectivity index (χ4v) is 2.19. The van der Waals surface area contributed by atoms with Crippen molar-refractivity contribution < 1.29 is 9.53 Å². The normalized spacial score (nSPS) is 12.2. The van der Waals surface area contributed by atoms with Crippen molar-refractivity contribution in [2.75, 3.05) is 12.3 Å². The van der Waals surface area contributed by atoms with Gasteiger partial charge in [0, 0.05) is 15.6 Å². The molecule has 88 valence electrons. The first-order chi connectivity index (χ1) is 7.54. The minimum Gasteiger partial charge on any atom is -0.465 e. The highest BCUT2D eigenvalue weighted by Gasteiger charge is 2.16. The monoisotopic (exact) mass is 259 g/mol. The quantitative estimate of drug-likeness (QED) is 0.513. The molecular weight excluding hydrogens is 246 g/mol.